The molecular formula is C11H14N4O. The van der Waals surface area contributed by atoms with E-state index < -0.39 is 0 Å². The zero-order valence-electron chi connectivity index (χ0n) is 8.97. The van der Waals surface area contributed by atoms with E-state index >= 15 is 0 Å². The van der Waals surface area contributed by atoms with Crippen LogP contribution in [0.5, 0.6) is 5.88 Å². The van der Waals surface area contributed by atoms with Crippen LogP contribution in [0, 0.1) is 0 Å². The van der Waals surface area contributed by atoms with Gasteiger partial charge in [-0.2, -0.15) is 5.10 Å². The molecule has 5 heteroatoms. The molecule has 0 aliphatic carbocycles. The van der Waals surface area contributed by atoms with E-state index in [1.807, 2.05) is 12.3 Å². The smallest absolute Gasteiger partial charge is 0.240 e. The standard InChI is InChI=1S/C11H14N4O/c1-2-9(12-4-1)8-16-11-10-3-5-14-15(10)7-6-13-11/h3,5-7,9,12H,1-2,4,8H2. The van der Waals surface area contributed by atoms with Crippen LogP contribution < -0.4 is 10.1 Å². The van der Waals surface area contributed by atoms with Gasteiger partial charge in [0, 0.05) is 18.4 Å². The van der Waals surface area contributed by atoms with Crippen LogP contribution >= 0.6 is 0 Å². The Morgan fingerprint density at radius 3 is 3.38 bits per heavy atom. The topological polar surface area (TPSA) is 51.5 Å². The van der Waals surface area contributed by atoms with Gasteiger partial charge in [-0.3, -0.25) is 0 Å². The van der Waals surface area contributed by atoms with Gasteiger partial charge in [-0.1, -0.05) is 0 Å². The van der Waals surface area contributed by atoms with Crippen molar-refractivity contribution in [1.82, 2.24) is 19.9 Å². The van der Waals surface area contributed by atoms with Gasteiger partial charge in [0.05, 0.1) is 6.20 Å². The average molecular weight is 218 g/mol. The van der Waals surface area contributed by atoms with E-state index in [2.05, 4.69) is 15.4 Å². The van der Waals surface area contributed by atoms with Crippen LogP contribution in [0.3, 0.4) is 0 Å². The van der Waals surface area contributed by atoms with E-state index in [1.165, 1.54) is 12.8 Å². The molecule has 1 N–H and O–H groups in total. The van der Waals surface area contributed by atoms with E-state index in [0.717, 1.165) is 12.1 Å². The molecule has 0 amide bonds. The first-order valence-electron chi connectivity index (χ1n) is 5.58. The van der Waals surface area contributed by atoms with Crippen molar-refractivity contribution in [3.8, 4) is 5.88 Å². The number of nitrogens with one attached hydrogen (secondary N) is 1. The average Bonchev–Trinajstić information content (AvgIpc) is 2.97. The van der Waals surface area contributed by atoms with Crippen molar-refractivity contribution in [3.05, 3.63) is 24.7 Å². The second-order valence-electron chi connectivity index (χ2n) is 4.00. The van der Waals surface area contributed by atoms with Crippen molar-refractivity contribution < 1.29 is 4.74 Å². The predicted molar refractivity (Wildman–Crippen MR) is 59.5 cm³/mol. The zero-order chi connectivity index (χ0) is 10.8. The molecule has 0 bridgehead atoms. The SMILES string of the molecule is c1cn2nccc2c(OCC2CCCN2)n1. The summed E-state index contributed by atoms with van der Waals surface area (Å²) < 4.78 is 7.50. The molecule has 1 aliphatic heterocycles. The van der Waals surface area contributed by atoms with Crippen molar-refractivity contribution in [3.63, 3.8) is 0 Å². The lowest BCUT2D eigenvalue weighted by Gasteiger charge is -2.11. The highest BCUT2D eigenvalue weighted by Crippen LogP contribution is 2.16. The quantitative estimate of drug-likeness (QED) is 0.830. The molecule has 16 heavy (non-hydrogen) atoms. The summed E-state index contributed by atoms with van der Waals surface area (Å²) in [7, 11) is 0. The van der Waals surface area contributed by atoms with Gasteiger partial charge in [-0.15, -0.1) is 0 Å². The summed E-state index contributed by atoms with van der Waals surface area (Å²) in [5.41, 5.74) is 0.917. The fraction of sp³-hybridized carbons (Fsp3) is 0.455. The molecular weight excluding hydrogens is 204 g/mol. The van der Waals surface area contributed by atoms with Gasteiger partial charge < -0.3 is 10.1 Å². The van der Waals surface area contributed by atoms with Crippen LogP contribution in [0.15, 0.2) is 24.7 Å². The second kappa shape index (κ2) is 4.09. The van der Waals surface area contributed by atoms with Gasteiger partial charge in [0.25, 0.3) is 0 Å². The molecule has 2 aromatic heterocycles. The van der Waals surface area contributed by atoms with E-state index in [0.29, 0.717) is 18.5 Å². The number of ether oxygens (including phenoxy) is 1. The summed E-state index contributed by atoms with van der Waals surface area (Å²) >= 11 is 0. The van der Waals surface area contributed by atoms with E-state index in [9.17, 15) is 0 Å². The van der Waals surface area contributed by atoms with Gasteiger partial charge in [-0.25, -0.2) is 9.50 Å². The molecule has 0 spiro atoms. The van der Waals surface area contributed by atoms with Gasteiger partial charge in [-0.05, 0) is 25.5 Å². The largest absolute Gasteiger partial charge is 0.474 e. The van der Waals surface area contributed by atoms with Gasteiger partial charge >= 0.3 is 0 Å². The minimum Gasteiger partial charge on any atom is -0.474 e. The maximum Gasteiger partial charge on any atom is 0.240 e. The maximum atomic E-state index is 5.73. The third-order valence-corrected chi connectivity index (χ3v) is 2.87. The van der Waals surface area contributed by atoms with Gasteiger partial charge in [0.1, 0.15) is 12.1 Å². The molecule has 84 valence electrons. The fourth-order valence-electron chi connectivity index (χ4n) is 2.02. The molecule has 1 aliphatic rings. The third kappa shape index (κ3) is 1.74. The molecule has 1 unspecified atom stereocenters. The van der Waals surface area contributed by atoms with Crippen molar-refractivity contribution in [2.45, 2.75) is 18.9 Å². The minimum atomic E-state index is 0.463. The number of nitrogens with zero attached hydrogens (tertiary/aromatic N) is 3. The lowest BCUT2D eigenvalue weighted by Crippen LogP contribution is -2.28. The highest BCUT2D eigenvalue weighted by atomic mass is 16.5. The molecule has 2 aromatic rings. The summed E-state index contributed by atoms with van der Waals surface area (Å²) in [4.78, 5) is 4.23. The van der Waals surface area contributed by atoms with Crippen molar-refractivity contribution in [1.29, 1.82) is 0 Å². The van der Waals surface area contributed by atoms with Crippen molar-refractivity contribution in [2.24, 2.45) is 0 Å². The van der Waals surface area contributed by atoms with Crippen LogP contribution in [0.1, 0.15) is 12.8 Å². The lowest BCUT2D eigenvalue weighted by molar-refractivity contribution is 0.269. The first-order chi connectivity index (χ1) is 7.93. The summed E-state index contributed by atoms with van der Waals surface area (Å²) in [6.07, 6.45) is 7.69. The lowest BCUT2D eigenvalue weighted by atomic mass is 10.2. The Labute approximate surface area is 93.4 Å². The Kier molecular flexibility index (Phi) is 2.46. The molecule has 3 heterocycles. The van der Waals surface area contributed by atoms with Crippen molar-refractivity contribution in [2.75, 3.05) is 13.2 Å². The van der Waals surface area contributed by atoms with Crippen LogP contribution in [0.2, 0.25) is 0 Å². The van der Waals surface area contributed by atoms with Crippen LogP contribution in [-0.4, -0.2) is 33.8 Å². The molecule has 5 nitrogen and oxygen atoms in total. The van der Waals surface area contributed by atoms with Gasteiger partial charge in [0.2, 0.25) is 5.88 Å². The highest BCUT2D eigenvalue weighted by Gasteiger charge is 2.15. The molecule has 1 fully saturated rings. The van der Waals surface area contributed by atoms with E-state index in [-0.39, 0.29) is 0 Å². The molecule has 0 radical (unpaired) electrons. The Balaban J connectivity index is 1.75. The monoisotopic (exact) mass is 218 g/mol. The number of hydrogen-bond acceptors (Lipinski definition) is 4. The molecule has 1 atom stereocenters. The minimum absolute atomic E-state index is 0.463. The van der Waals surface area contributed by atoms with Crippen molar-refractivity contribution >= 4 is 5.52 Å². The fourth-order valence-corrected chi connectivity index (χ4v) is 2.02. The Morgan fingerprint density at radius 2 is 2.50 bits per heavy atom. The van der Waals surface area contributed by atoms with Crippen LogP contribution in [0.25, 0.3) is 5.52 Å². The molecule has 1 saturated heterocycles. The molecule has 0 aromatic carbocycles. The molecule has 3 rings (SSSR count). The van der Waals surface area contributed by atoms with E-state index in [4.69, 9.17) is 4.74 Å². The number of fused-ring (bicyclic) bond motifs is 1. The zero-order valence-corrected chi connectivity index (χ0v) is 8.97. The number of hydrogen-bond donors (Lipinski definition) is 1. The predicted octanol–water partition coefficient (Wildman–Crippen LogP) is 0.860. The first kappa shape index (κ1) is 9.59. The second-order valence-corrected chi connectivity index (χ2v) is 4.00. The number of aromatic nitrogens is 3. The van der Waals surface area contributed by atoms with Crippen LogP contribution in [-0.2, 0) is 0 Å². The Hall–Kier alpha value is -1.62. The van der Waals surface area contributed by atoms with E-state index in [1.54, 1.807) is 16.9 Å². The number of rotatable bonds is 3. The Bertz CT molecular complexity index is 476. The molecule has 0 saturated carbocycles. The third-order valence-electron chi connectivity index (χ3n) is 2.87. The Morgan fingerprint density at radius 1 is 1.50 bits per heavy atom. The summed E-state index contributed by atoms with van der Waals surface area (Å²) in [5, 5.41) is 7.53. The summed E-state index contributed by atoms with van der Waals surface area (Å²) in [6.45, 7) is 1.77. The highest BCUT2D eigenvalue weighted by molar-refractivity contribution is 5.54. The maximum absolute atomic E-state index is 5.73. The first-order valence-corrected chi connectivity index (χ1v) is 5.58. The summed E-state index contributed by atoms with van der Waals surface area (Å²) in [5.74, 6) is 0.661. The van der Waals surface area contributed by atoms with Crippen LogP contribution in [0.4, 0.5) is 0 Å². The summed E-state index contributed by atoms with van der Waals surface area (Å²) in [6, 6.07) is 2.37. The normalized spacial score (nSPS) is 20.4. The van der Waals surface area contributed by atoms with Gasteiger partial charge in [0.15, 0.2) is 0 Å².